The van der Waals surface area contributed by atoms with Crippen LogP contribution in [-0.4, -0.2) is 23.6 Å². The van der Waals surface area contributed by atoms with Gasteiger partial charge in [0, 0.05) is 42.8 Å². The number of nitrogens with zero attached hydrogens (tertiary/aromatic N) is 2. The summed E-state index contributed by atoms with van der Waals surface area (Å²) in [7, 11) is 2.03. The van der Waals surface area contributed by atoms with Crippen molar-refractivity contribution in [2.45, 2.75) is 32.7 Å². The second kappa shape index (κ2) is 7.49. The van der Waals surface area contributed by atoms with Crippen LogP contribution in [0, 0.1) is 0 Å². The fraction of sp³-hybridized carbons (Fsp3) is 0.471. The monoisotopic (exact) mass is 318 g/mol. The van der Waals surface area contributed by atoms with Crippen LogP contribution in [0.4, 0.5) is 0 Å². The Hall–Kier alpha value is -1.75. The van der Waals surface area contributed by atoms with E-state index >= 15 is 0 Å². The average molecular weight is 318 g/mol. The molecular weight excluding hydrogens is 292 g/mol. The number of nitrogens with one attached hydrogen (secondary N) is 2. The summed E-state index contributed by atoms with van der Waals surface area (Å²) in [6.45, 7) is 9.01. The summed E-state index contributed by atoms with van der Waals surface area (Å²) in [6.07, 6.45) is 4.15. The smallest absolute Gasteiger partial charge is 0.191 e. The molecule has 0 saturated heterocycles. The lowest BCUT2D eigenvalue weighted by Crippen LogP contribution is -2.43. The highest BCUT2D eigenvalue weighted by Gasteiger charge is 2.21. The first-order valence-corrected chi connectivity index (χ1v) is 8.56. The Labute approximate surface area is 137 Å². The molecule has 2 aromatic rings. The first-order valence-electron chi connectivity index (χ1n) is 7.68. The lowest BCUT2D eigenvalue weighted by Gasteiger charge is -2.25. The number of hydrogen-bond donors (Lipinski definition) is 2. The van der Waals surface area contributed by atoms with Crippen molar-refractivity contribution in [2.24, 2.45) is 12.0 Å². The maximum Gasteiger partial charge on any atom is 0.191 e. The number of thiophene rings is 1. The minimum Gasteiger partial charge on any atom is -0.357 e. The molecule has 0 atom stereocenters. The topological polar surface area (TPSA) is 41.4 Å². The van der Waals surface area contributed by atoms with Gasteiger partial charge < -0.3 is 15.2 Å². The molecule has 0 aliphatic heterocycles. The molecule has 0 aromatic carbocycles. The van der Waals surface area contributed by atoms with Gasteiger partial charge in [-0.05, 0) is 30.0 Å². The van der Waals surface area contributed by atoms with E-state index in [0.717, 1.165) is 19.0 Å². The van der Waals surface area contributed by atoms with Gasteiger partial charge in [-0.25, -0.2) is 4.99 Å². The summed E-state index contributed by atoms with van der Waals surface area (Å²) in [5.74, 6) is 0.871. The van der Waals surface area contributed by atoms with E-state index in [2.05, 4.69) is 66.2 Å². The molecule has 2 rings (SSSR count). The van der Waals surface area contributed by atoms with E-state index < -0.39 is 0 Å². The van der Waals surface area contributed by atoms with Crippen LogP contribution >= 0.6 is 11.3 Å². The van der Waals surface area contributed by atoms with Gasteiger partial charge in [0.2, 0.25) is 0 Å². The van der Waals surface area contributed by atoms with Gasteiger partial charge in [0.25, 0.3) is 0 Å². The van der Waals surface area contributed by atoms with Crippen LogP contribution in [0.25, 0.3) is 0 Å². The van der Waals surface area contributed by atoms with E-state index in [1.54, 1.807) is 11.3 Å². The summed E-state index contributed by atoms with van der Waals surface area (Å²) in [5.41, 5.74) is 1.31. The molecule has 2 aromatic heterocycles. The van der Waals surface area contributed by atoms with E-state index in [0.29, 0.717) is 6.54 Å². The summed E-state index contributed by atoms with van der Waals surface area (Å²) in [4.78, 5) is 6.05. The molecule has 4 nitrogen and oxygen atoms in total. The van der Waals surface area contributed by atoms with Gasteiger partial charge in [-0.1, -0.05) is 19.9 Å². The molecule has 120 valence electrons. The molecule has 0 aliphatic carbocycles. The van der Waals surface area contributed by atoms with Gasteiger partial charge in [-0.3, -0.25) is 0 Å². The van der Waals surface area contributed by atoms with Crippen molar-refractivity contribution in [3.8, 4) is 0 Å². The third-order valence-electron chi connectivity index (χ3n) is 3.54. The van der Waals surface area contributed by atoms with Gasteiger partial charge in [0.15, 0.2) is 5.96 Å². The largest absolute Gasteiger partial charge is 0.357 e. The van der Waals surface area contributed by atoms with Crippen LogP contribution in [-0.2, 0) is 19.0 Å². The average Bonchev–Trinajstić information content (AvgIpc) is 3.13. The molecule has 0 aliphatic rings. The Balaban J connectivity index is 1.96. The lowest BCUT2D eigenvalue weighted by molar-refractivity contribution is 0.518. The van der Waals surface area contributed by atoms with E-state index in [-0.39, 0.29) is 5.41 Å². The Morgan fingerprint density at radius 2 is 2.14 bits per heavy atom. The molecular formula is C17H26N4S. The molecule has 0 radical (unpaired) electrons. The Morgan fingerprint density at radius 3 is 2.73 bits per heavy atom. The van der Waals surface area contributed by atoms with Gasteiger partial charge in [-0.2, -0.15) is 0 Å². The van der Waals surface area contributed by atoms with Crippen LogP contribution in [0.1, 0.15) is 31.2 Å². The predicted molar refractivity (Wildman–Crippen MR) is 95.6 cm³/mol. The first-order chi connectivity index (χ1) is 10.5. The summed E-state index contributed by atoms with van der Waals surface area (Å²) < 4.78 is 2.05. The highest BCUT2D eigenvalue weighted by atomic mass is 32.1. The quantitative estimate of drug-likeness (QED) is 0.635. The Kier molecular flexibility index (Phi) is 5.66. The minimum atomic E-state index is 0.0944. The van der Waals surface area contributed by atoms with Crippen LogP contribution in [0.3, 0.4) is 0 Å². The molecule has 0 amide bonds. The first kappa shape index (κ1) is 16.6. The minimum absolute atomic E-state index is 0.0944. The zero-order valence-electron chi connectivity index (χ0n) is 13.9. The van der Waals surface area contributed by atoms with Crippen molar-refractivity contribution >= 4 is 17.3 Å². The molecule has 0 fully saturated rings. The molecule has 0 saturated carbocycles. The summed E-state index contributed by atoms with van der Waals surface area (Å²) in [6, 6.07) is 6.40. The SMILES string of the molecule is CCNC(=NCc1ccn(C)c1)NCC(C)(C)c1cccs1. The second-order valence-corrected chi connectivity index (χ2v) is 7.04. The maximum absolute atomic E-state index is 4.67. The fourth-order valence-corrected chi connectivity index (χ4v) is 3.07. The standard InChI is InChI=1S/C17H26N4S/c1-5-18-16(19-11-14-8-9-21(4)12-14)20-13-17(2,3)15-7-6-10-22-15/h6-10,12H,5,11,13H2,1-4H3,(H2,18,19,20). The summed E-state index contributed by atoms with van der Waals surface area (Å²) in [5, 5.41) is 8.91. The summed E-state index contributed by atoms with van der Waals surface area (Å²) >= 11 is 1.80. The number of rotatable bonds is 6. The molecule has 0 bridgehead atoms. The third-order valence-corrected chi connectivity index (χ3v) is 4.78. The van der Waals surface area contributed by atoms with Crippen molar-refractivity contribution < 1.29 is 0 Å². The highest BCUT2D eigenvalue weighted by Crippen LogP contribution is 2.26. The highest BCUT2D eigenvalue weighted by molar-refractivity contribution is 7.10. The van der Waals surface area contributed by atoms with Crippen molar-refractivity contribution in [1.82, 2.24) is 15.2 Å². The van der Waals surface area contributed by atoms with Crippen LogP contribution in [0.5, 0.6) is 0 Å². The van der Waals surface area contributed by atoms with E-state index in [4.69, 9.17) is 0 Å². The molecule has 0 unspecified atom stereocenters. The molecule has 0 spiro atoms. The number of aliphatic imine (C=N–C) groups is 1. The number of guanidine groups is 1. The zero-order chi connectivity index (χ0) is 16.0. The molecule has 2 heterocycles. The molecule has 22 heavy (non-hydrogen) atoms. The van der Waals surface area contributed by atoms with Crippen molar-refractivity contribution in [2.75, 3.05) is 13.1 Å². The lowest BCUT2D eigenvalue weighted by atomic mass is 9.91. The maximum atomic E-state index is 4.67. The second-order valence-electron chi connectivity index (χ2n) is 6.10. The van der Waals surface area contributed by atoms with E-state index in [1.165, 1.54) is 10.4 Å². The van der Waals surface area contributed by atoms with Crippen LogP contribution in [0.2, 0.25) is 0 Å². The molecule has 5 heteroatoms. The van der Waals surface area contributed by atoms with Gasteiger partial charge >= 0.3 is 0 Å². The van der Waals surface area contributed by atoms with Gasteiger partial charge in [0.1, 0.15) is 0 Å². The van der Waals surface area contributed by atoms with Crippen LogP contribution < -0.4 is 10.6 Å². The van der Waals surface area contributed by atoms with Gasteiger partial charge in [0.05, 0.1) is 6.54 Å². The normalized spacial score (nSPS) is 12.5. The molecule has 2 N–H and O–H groups in total. The zero-order valence-corrected chi connectivity index (χ0v) is 14.7. The van der Waals surface area contributed by atoms with Crippen LogP contribution in [0.15, 0.2) is 41.0 Å². The predicted octanol–water partition coefficient (Wildman–Crippen LogP) is 3.12. The van der Waals surface area contributed by atoms with Gasteiger partial charge in [-0.15, -0.1) is 11.3 Å². The van der Waals surface area contributed by atoms with Crippen molar-refractivity contribution in [3.05, 3.63) is 46.4 Å². The third kappa shape index (κ3) is 4.63. The Bertz CT molecular complexity index is 596. The van der Waals surface area contributed by atoms with Crippen molar-refractivity contribution in [1.29, 1.82) is 0 Å². The van der Waals surface area contributed by atoms with E-state index in [1.807, 2.05) is 17.8 Å². The Morgan fingerprint density at radius 1 is 1.32 bits per heavy atom. The number of aromatic nitrogens is 1. The van der Waals surface area contributed by atoms with Crippen molar-refractivity contribution in [3.63, 3.8) is 0 Å². The fourth-order valence-electron chi connectivity index (χ4n) is 2.22. The number of aryl methyl sites for hydroxylation is 1. The number of hydrogen-bond acceptors (Lipinski definition) is 2. The van der Waals surface area contributed by atoms with E-state index in [9.17, 15) is 0 Å².